The molecule has 1 aliphatic rings. The van der Waals surface area contributed by atoms with Crippen LogP contribution in [0.25, 0.3) is 0 Å². The third-order valence-corrected chi connectivity index (χ3v) is 3.59. The maximum absolute atomic E-state index is 12.2. The van der Waals surface area contributed by atoms with Crippen molar-refractivity contribution in [1.82, 2.24) is 4.90 Å². The number of rotatable bonds is 3. The molecular formula is C14H16ClNO3. The van der Waals surface area contributed by atoms with E-state index in [-0.39, 0.29) is 12.3 Å². The van der Waals surface area contributed by atoms with Crippen molar-refractivity contribution in [1.29, 1.82) is 0 Å². The average molecular weight is 282 g/mol. The summed E-state index contributed by atoms with van der Waals surface area (Å²) in [7, 11) is 0. The van der Waals surface area contributed by atoms with Crippen LogP contribution in [0, 0.1) is 0 Å². The summed E-state index contributed by atoms with van der Waals surface area (Å²) in [6, 6.07) is 6.41. The number of hydrogen-bond acceptors (Lipinski definition) is 2. The molecule has 0 saturated carbocycles. The average Bonchev–Trinajstić information content (AvgIpc) is 2.38. The zero-order valence-corrected chi connectivity index (χ0v) is 11.3. The molecule has 102 valence electrons. The molecule has 1 unspecified atom stereocenters. The van der Waals surface area contributed by atoms with E-state index in [9.17, 15) is 9.59 Å². The number of aliphatic carboxylic acids is 1. The van der Waals surface area contributed by atoms with E-state index in [2.05, 4.69) is 0 Å². The second-order valence-corrected chi connectivity index (χ2v) is 5.18. The summed E-state index contributed by atoms with van der Waals surface area (Å²) in [5.41, 5.74) is 0.812. The summed E-state index contributed by atoms with van der Waals surface area (Å²) in [6.07, 6.45) is 2.46. The smallest absolute Gasteiger partial charge is 0.326 e. The first-order chi connectivity index (χ1) is 9.08. The van der Waals surface area contributed by atoms with Gasteiger partial charge in [0.25, 0.3) is 0 Å². The van der Waals surface area contributed by atoms with Crippen LogP contribution in [0.3, 0.4) is 0 Å². The van der Waals surface area contributed by atoms with Crippen molar-refractivity contribution in [2.45, 2.75) is 31.7 Å². The molecule has 1 heterocycles. The van der Waals surface area contributed by atoms with Crippen molar-refractivity contribution in [3.8, 4) is 0 Å². The van der Waals surface area contributed by atoms with E-state index >= 15 is 0 Å². The molecule has 1 fully saturated rings. The Kier molecular flexibility index (Phi) is 4.43. The lowest BCUT2D eigenvalue weighted by molar-refractivity contribution is -0.151. The van der Waals surface area contributed by atoms with Gasteiger partial charge >= 0.3 is 5.97 Å². The summed E-state index contributed by atoms with van der Waals surface area (Å²) < 4.78 is 0. The van der Waals surface area contributed by atoms with Crippen molar-refractivity contribution < 1.29 is 14.7 Å². The highest BCUT2D eigenvalue weighted by Crippen LogP contribution is 2.19. The fraction of sp³-hybridized carbons (Fsp3) is 0.429. The number of nitrogens with zero attached hydrogens (tertiary/aromatic N) is 1. The van der Waals surface area contributed by atoms with Crippen molar-refractivity contribution in [2.75, 3.05) is 6.54 Å². The quantitative estimate of drug-likeness (QED) is 0.925. The summed E-state index contributed by atoms with van der Waals surface area (Å²) in [5.74, 6) is -1.06. The number of piperidine rings is 1. The van der Waals surface area contributed by atoms with Crippen LogP contribution in [0.4, 0.5) is 0 Å². The Morgan fingerprint density at radius 3 is 2.84 bits per heavy atom. The largest absolute Gasteiger partial charge is 0.480 e. The molecule has 0 spiro atoms. The zero-order chi connectivity index (χ0) is 13.8. The second-order valence-electron chi connectivity index (χ2n) is 4.74. The number of likely N-dealkylation sites (tertiary alicyclic amines) is 1. The normalized spacial score (nSPS) is 19.2. The van der Waals surface area contributed by atoms with Gasteiger partial charge in [0.15, 0.2) is 0 Å². The van der Waals surface area contributed by atoms with Gasteiger partial charge in [-0.1, -0.05) is 23.7 Å². The van der Waals surface area contributed by atoms with Gasteiger partial charge in [-0.3, -0.25) is 4.79 Å². The van der Waals surface area contributed by atoms with Gasteiger partial charge in [-0.05, 0) is 37.0 Å². The number of carboxylic acid groups (broad SMARTS) is 1. The van der Waals surface area contributed by atoms with Gasteiger partial charge in [0.1, 0.15) is 6.04 Å². The van der Waals surface area contributed by atoms with Crippen LogP contribution in [0.1, 0.15) is 24.8 Å². The Morgan fingerprint density at radius 1 is 1.37 bits per heavy atom. The molecule has 1 aromatic carbocycles. The SMILES string of the molecule is O=C(O)C1CCCCN1C(=O)Cc1cccc(Cl)c1. The fourth-order valence-electron chi connectivity index (χ4n) is 2.41. The van der Waals surface area contributed by atoms with Gasteiger partial charge in [-0.15, -0.1) is 0 Å². The molecular weight excluding hydrogens is 266 g/mol. The van der Waals surface area contributed by atoms with E-state index < -0.39 is 12.0 Å². The van der Waals surface area contributed by atoms with E-state index in [0.717, 1.165) is 18.4 Å². The monoisotopic (exact) mass is 281 g/mol. The molecule has 19 heavy (non-hydrogen) atoms. The van der Waals surface area contributed by atoms with Crippen molar-refractivity contribution in [2.24, 2.45) is 0 Å². The van der Waals surface area contributed by atoms with Crippen LogP contribution in [0.2, 0.25) is 5.02 Å². The molecule has 5 heteroatoms. The molecule has 0 bridgehead atoms. The number of hydrogen-bond donors (Lipinski definition) is 1. The van der Waals surface area contributed by atoms with Crippen molar-refractivity contribution >= 4 is 23.5 Å². The van der Waals surface area contributed by atoms with E-state index in [1.54, 1.807) is 18.2 Å². The highest BCUT2D eigenvalue weighted by atomic mass is 35.5. The number of carboxylic acids is 1. The van der Waals surface area contributed by atoms with E-state index in [1.807, 2.05) is 6.07 Å². The molecule has 1 N–H and O–H groups in total. The van der Waals surface area contributed by atoms with Gasteiger partial charge in [0.05, 0.1) is 6.42 Å². The summed E-state index contributed by atoms with van der Waals surface area (Å²) in [4.78, 5) is 24.9. The lowest BCUT2D eigenvalue weighted by Gasteiger charge is -2.33. The third kappa shape index (κ3) is 3.47. The predicted octanol–water partition coefficient (Wildman–Crippen LogP) is 2.35. The lowest BCUT2D eigenvalue weighted by Crippen LogP contribution is -2.48. The highest BCUT2D eigenvalue weighted by Gasteiger charge is 2.31. The topological polar surface area (TPSA) is 57.6 Å². The van der Waals surface area contributed by atoms with Gasteiger partial charge in [-0.25, -0.2) is 4.79 Å². The zero-order valence-electron chi connectivity index (χ0n) is 10.5. The van der Waals surface area contributed by atoms with Gasteiger partial charge in [-0.2, -0.15) is 0 Å². The lowest BCUT2D eigenvalue weighted by atomic mass is 10.0. The van der Waals surface area contributed by atoms with Crippen LogP contribution >= 0.6 is 11.6 Å². The van der Waals surface area contributed by atoms with Crippen molar-refractivity contribution in [3.63, 3.8) is 0 Å². The summed E-state index contributed by atoms with van der Waals surface area (Å²) in [6.45, 7) is 0.524. The number of carbonyl (C=O) groups excluding carboxylic acids is 1. The Morgan fingerprint density at radius 2 is 2.16 bits per heavy atom. The Labute approximate surface area is 117 Å². The number of halogens is 1. The Bertz CT molecular complexity index is 489. The molecule has 2 rings (SSSR count). The second kappa shape index (κ2) is 6.06. The van der Waals surface area contributed by atoms with Gasteiger partial charge in [0.2, 0.25) is 5.91 Å². The Hall–Kier alpha value is -1.55. The predicted molar refractivity (Wildman–Crippen MR) is 72.1 cm³/mol. The van der Waals surface area contributed by atoms with Crippen LogP contribution in [-0.4, -0.2) is 34.5 Å². The highest BCUT2D eigenvalue weighted by molar-refractivity contribution is 6.30. The maximum Gasteiger partial charge on any atom is 0.326 e. The minimum atomic E-state index is -0.917. The fourth-order valence-corrected chi connectivity index (χ4v) is 2.62. The molecule has 1 aliphatic heterocycles. The maximum atomic E-state index is 12.2. The summed E-state index contributed by atoms with van der Waals surface area (Å²) in [5, 5.41) is 9.73. The van der Waals surface area contributed by atoms with Gasteiger partial charge in [0, 0.05) is 11.6 Å². The Balaban J connectivity index is 2.07. The number of amides is 1. The standard InChI is InChI=1S/C14H16ClNO3/c15-11-5-3-4-10(8-11)9-13(17)16-7-2-1-6-12(16)14(18)19/h3-5,8,12H,1-2,6-7,9H2,(H,18,19). The van der Waals surface area contributed by atoms with E-state index in [1.165, 1.54) is 4.90 Å². The summed E-state index contributed by atoms with van der Waals surface area (Å²) >= 11 is 5.87. The number of benzene rings is 1. The minimum Gasteiger partial charge on any atom is -0.480 e. The van der Waals surface area contributed by atoms with Crippen LogP contribution in [0.5, 0.6) is 0 Å². The first-order valence-corrected chi connectivity index (χ1v) is 6.72. The van der Waals surface area contributed by atoms with Crippen LogP contribution < -0.4 is 0 Å². The van der Waals surface area contributed by atoms with Crippen molar-refractivity contribution in [3.05, 3.63) is 34.9 Å². The van der Waals surface area contributed by atoms with Crippen LogP contribution in [-0.2, 0) is 16.0 Å². The molecule has 1 aromatic rings. The molecule has 0 radical (unpaired) electrons. The third-order valence-electron chi connectivity index (χ3n) is 3.35. The first-order valence-electron chi connectivity index (χ1n) is 6.34. The molecule has 1 atom stereocenters. The van der Waals surface area contributed by atoms with Gasteiger partial charge < -0.3 is 10.0 Å². The van der Waals surface area contributed by atoms with E-state index in [0.29, 0.717) is 18.0 Å². The molecule has 0 aliphatic carbocycles. The molecule has 4 nitrogen and oxygen atoms in total. The van der Waals surface area contributed by atoms with E-state index in [4.69, 9.17) is 16.7 Å². The number of carbonyl (C=O) groups is 2. The molecule has 0 aromatic heterocycles. The minimum absolute atomic E-state index is 0.144. The van der Waals surface area contributed by atoms with Crippen LogP contribution in [0.15, 0.2) is 24.3 Å². The molecule has 1 amide bonds. The first kappa shape index (κ1) is 13.9. The molecule has 1 saturated heterocycles.